The second kappa shape index (κ2) is 6.36. The van der Waals surface area contributed by atoms with Crippen LogP contribution in [0.15, 0.2) is 48.8 Å². The molecule has 152 valence electrons. The Morgan fingerprint density at radius 3 is 2.40 bits per heavy atom. The minimum Gasteiger partial charge on any atom is -0.321 e. The molecule has 0 fully saturated rings. The summed E-state index contributed by atoms with van der Waals surface area (Å²) in [6.07, 6.45) is 4.14. The number of hydrogen-bond donors (Lipinski definition) is 0. The number of aromatic nitrogens is 4. The molecule has 30 heavy (non-hydrogen) atoms. The predicted octanol–water partition coefficient (Wildman–Crippen LogP) is 5.28. The Bertz CT molecular complexity index is 1540. The van der Waals surface area contributed by atoms with Crippen LogP contribution in [0.4, 0.5) is 0 Å². The van der Waals surface area contributed by atoms with E-state index in [2.05, 4.69) is 65.1 Å². The van der Waals surface area contributed by atoms with E-state index in [4.69, 9.17) is 4.11 Å². The second-order valence-corrected chi connectivity index (χ2v) is 8.40. The number of imidazole rings is 1. The normalized spacial score (nSPS) is 13.7. The fourth-order valence-electron chi connectivity index (χ4n) is 4.96. The highest BCUT2D eigenvalue weighted by Gasteiger charge is 2.29. The van der Waals surface area contributed by atoms with Gasteiger partial charge in [0.2, 0.25) is 0 Å². The Kier molecular flexibility index (Phi) is 3.30. The van der Waals surface area contributed by atoms with Crippen LogP contribution in [0, 0.1) is 34.5 Å². The average Bonchev–Trinajstić information content (AvgIpc) is 3.32. The van der Waals surface area contributed by atoms with Gasteiger partial charge in [-0.05, 0) is 57.3 Å². The summed E-state index contributed by atoms with van der Waals surface area (Å²) in [5.41, 5.74) is 7.85. The van der Waals surface area contributed by atoms with Crippen LogP contribution in [0.1, 0.15) is 32.1 Å². The maximum atomic E-state index is 8.26. The number of benzene rings is 2. The van der Waals surface area contributed by atoms with Gasteiger partial charge in [0, 0.05) is 27.6 Å². The monoisotopic (exact) mass is 400 g/mol. The molecule has 0 N–H and O–H groups in total. The van der Waals surface area contributed by atoms with Crippen molar-refractivity contribution in [2.75, 3.05) is 0 Å². The van der Waals surface area contributed by atoms with Crippen LogP contribution in [0.2, 0.25) is 0 Å². The quantitative estimate of drug-likeness (QED) is 0.359. The minimum atomic E-state index is -2.20. The van der Waals surface area contributed by atoms with E-state index in [-0.39, 0.29) is 0 Å². The smallest absolute Gasteiger partial charge is 0.321 e. The topological polar surface area (TPSA) is 18.7 Å². The summed E-state index contributed by atoms with van der Waals surface area (Å²) < 4.78 is 33.3. The van der Waals surface area contributed by atoms with Crippen LogP contribution in [0.3, 0.4) is 0 Å². The van der Waals surface area contributed by atoms with Crippen molar-refractivity contribution in [1.29, 1.82) is 0 Å². The van der Waals surface area contributed by atoms with Crippen molar-refractivity contribution in [2.45, 2.75) is 34.5 Å². The molecule has 4 heteroatoms. The molecule has 0 saturated carbocycles. The van der Waals surface area contributed by atoms with Crippen LogP contribution in [0.5, 0.6) is 0 Å². The van der Waals surface area contributed by atoms with Gasteiger partial charge in [0.15, 0.2) is 5.65 Å². The van der Waals surface area contributed by atoms with E-state index in [9.17, 15) is 0 Å². The first-order chi connectivity index (χ1) is 15.5. The van der Waals surface area contributed by atoms with Gasteiger partial charge in [-0.15, -0.1) is 0 Å². The van der Waals surface area contributed by atoms with Crippen molar-refractivity contribution < 1.29 is 8.68 Å². The molecule has 4 nitrogen and oxygen atoms in total. The first-order valence-corrected chi connectivity index (χ1v) is 10.3. The molecule has 0 aliphatic carbocycles. The molecule has 5 aromatic rings. The van der Waals surface area contributed by atoms with E-state index in [0.29, 0.717) is 5.56 Å². The first-order valence-electron chi connectivity index (χ1n) is 11.8. The summed E-state index contributed by atoms with van der Waals surface area (Å²) in [7, 11) is 3.99. The van der Waals surface area contributed by atoms with Crippen molar-refractivity contribution in [3.63, 3.8) is 0 Å². The second-order valence-electron chi connectivity index (χ2n) is 8.40. The standard InChI is InChI=1S/C26H29N4/c1-16-14-17(2)24(18(3)15-16)29-13-12-27(6)26(29)30-22-11-9-8-10-21(22)23-19(4)20(5)28(7)25(23)30/h8-15H,1-7H3/q+1/i4D3. The van der Waals surface area contributed by atoms with Crippen molar-refractivity contribution in [2.24, 2.45) is 14.1 Å². The lowest BCUT2D eigenvalue weighted by atomic mass is 10.1. The lowest BCUT2D eigenvalue weighted by molar-refractivity contribution is -0.664. The summed E-state index contributed by atoms with van der Waals surface area (Å²) in [6.45, 7) is 6.09. The highest BCUT2D eigenvalue weighted by Crippen LogP contribution is 2.36. The molecule has 0 spiro atoms. The zero-order valence-electron chi connectivity index (χ0n) is 21.4. The maximum absolute atomic E-state index is 8.26. The van der Waals surface area contributed by atoms with Crippen LogP contribution >= 0.6 is 0 Å². The average molecular weight is 401 g/mol. The number of aryl methyl sites for hydroxylation is 6. The summed E-state index contributed by atoms with van der Waals surface area (Å²) in [5.74, 6) is 0.953. The van der Waals surface area contributed by atoms with E-state index < -0.39 is 6.85 Å². The number of fused-ring (bicyclic) bond motifs is 3. The van der Waals surface area contributed by atoms with Crippen molar-refractivity contribution >= 4 is 21.9 Å². The van der Waals surface area contributed by atoms with Crippen molar-refractivity contribution in [3.05, 3.63) is 76.7 Å². The van der Waals surface area contributed by atoms with E-state index in [1.54, 1.807) is 0 Å². The van der Waals surface area contributed by atoms with Gasteiger partial charge in [0.1, 0.15) is 17.4 Å². The lowest BCUT2D eigenvalue weighted by Gasteiger charge is -2.12. The van der Waals surface area contributed by atoms with Gasteiger partial charge in [0.25, 0.3) is 0 Å². The van der Waals surface area contributed by atoms with Gasteiger partial charge in [-0.3, -0.25) is 0 Å². The van der Waals surface area contributed by atoms with Gasteiger partial charge in [-0.2, -0.15) is 4.57 Å². The van der Waals surface area contributed by atoms with Crippen LogP contribution in [-0.2, 0) is 14.1 Å². The molecule has 0 unspecified atom stereocenters. The number of nitrogens with zero attached hydrogens (tertiary/aromatic N) is 4. The van der Waals surface area contributed by atoms with E-state index in [1.807, 2.05) is 43.8 Å². The molecule has 0 radical (unpaired) electrons. The summed E-state index contributed by atoms with van der Waals surface area (Å²) in [5, 5.41) is 1.75. The molecule has 0 bridgehead atoms. The molecule has 0 saturated heterocycles. The van der Waals surface area contributed by atoms with Gasteiger partial charge in [-0.1, -0.05) is 35.9 Å². The molecule has 0 aliphatic heterocycles. The Morgan fingerprint density at radius 1 is 1.00 bits per heavy atom. The van der Waals surface area contributed by atoms with E-state index in [1.165, 1.54) is 16.7 Å². The molecule has 0 atom stereocenters. The summed E-state index contributed by atoms with van der Waals surface area (Å²) in [4.78, 5) is 0. The Hall–Kier alpha value is -3.27. The van der Waals surface area contributed by atoms with Crippen molar-refractivity contribution in [1.82, 2.24) is 13.7 Å². The molecule has 3 aromatic heterocycles. The van der Waals surface area contributed by atoms with Crippen LogP contribution < -0.4 is 4.57 Å². The Balaban J connectivity index is 1.98. The fraction of sp³-hybridized carbons (Fsp3) is 0.269. The highest BCUT2D eigenvalue weighted by molar-refractivity contribution is 6.10. The predicted molar refractivity (Wildman–Crippen MR) is 124 cm³/mol. The number of rotatable bonds is 2. The van der Waals surface area contributed by atoms with Gasteiger partial charge in [-0.25, -0.2) is 9.13 Å². The highest BCUT2D eigenvalue weighted by atomic mass is 15.3. The zero-order valence-corrected chi connectivity index (χ0v) is 18.4. The molecule has 5 rings (SSSR count). The third-order valence-electron chi connectivity index (χ3n) is 6.33. The third-order valence-corrected chi connectivity index (χ3v) is 6.33. The van der Waals surface area contributed by atoms with Gasteiger partial charge >= 0.3 is 5.95 Å². The Labute approximate surface area is 181 Å². The van der Waals surface area contributed by atoms with Crippen LogP contribution in [-0.4, -0.2) is 13.7 Å². The summed E-state index contributed by atoms with van der Waals surface area (Å²) >= 11 is 0. The van der Waals surface area contributed by atoms with Gasteiger partial charge < -0.3 is 4.57 Å². The SMILES string of the molecule is [2H]C([2H])([2H])c1c(C)n(C)c2c1c1ccccc1n2-c1n(-c2c(C)cc(C)cc2C)cc[n+]1C. The molecule has 0 amide bonds. The molecular weight excluding hydrogens is 368 g/mol. The first kappa shape index (κ1) is 15.6. The van der Waals surface area contributed by atoms with Gasteiger partial charge in [0.05, 0.1) is 13.2 Å². The zero-order chi connectivity index (χ0) is 23.8. The van der Waals surface area contributed by atoms with Crippen molar-refractivity contribution in [3.8, 4) is 11.6 Å². The largest absolute Gasteiger partial charge is 0.375 e. The Morgan fingerprint density at radius 2 is 1.70 bits per heavy atom. The van der Waals surface area contributed by atoms with E-state index >= 15 is 0 Å². The fourth-order valence-corrected chi connectivity index (χ4v) is 4.96. The number of hydrogen-bond acceptors (Lipinski definition) is 0. The molecule has 3 heterocycles. The third kappa shape index (κ3) is 2.37. The van der Waals surface area contributed by atoms with E-state index in [0.717, 1.165) is 39.3 Å². The molecular formula is C26H29N4+. The maximum Gasteiger partial charge on any atom is 0.375 e. The minimum absolute atomic E-state index is 0.429. The van der Waals surface area contributed by atoms with Crippen LogP contribution in [0.25, 0.3) is 33.6 Å². The molecule has 2 aromatic carbocycles. The summed E-state index contributed by atoms with van der Waals surface area (Å²) in [6, 6.07) is 12.5. The number of para-hydroxylation sites is 1. The lowest BCUT2D eigenvalue weighted by Crippen LogP contribution is -2.33. The molecule has 0 aliphatic rings.